The second kappa shape index (κ2) is 5.94. The molecule has 1 aliphatic rings. The SMILES string of the molecule is NC(=S)c1cc(F)ccc1NC(=O)N1CCOCC1. The van der Waals surface area contributed by atoms with Crippen molar-refractivity contribution in [2.24, 2.45) is 5.73 Å². The summed E-state index contributed by atoms with van der Waals surface area (Å²) in [5.74, 6) is -0.452. The Balaban J connectivity index is 2.13. The van der Waals surface area contributed by atoms with Crippen LogP contribution in [0.3, 0.4) is 0 Å². The van der Waals surface area contributed by atoms with E-state index in [2.05, 4.69) is 5.32 Å². The maximum absolute atomic E-state index is 13.1. The van der Waals surface area contributed by atoms with Gasteiger partial charge in [0.05, 0.1) is 18.9 Å². The minimum absolute atomic E-state index is 0.0387. The number of rotatable bonds is 2. The lowest BCUT2D eigenvalue weighted by Crippen LogP contribution is -2.43. The molecule has 1 aromatic carbocycles. The highest BCUT2D eigenvalue weighted by molar-refractivity contribution is 7.80. The smallest absolute Gasteiger partial charge is 0.322 e. The molecule has 19 heavy (non-hydrogen) atoms. The molecule has 0 aliphatic carbocycles. The summed E-state index contributed by atoms with van der Waals surface area (Å²) in [6, 6.07) is 3.63. The largest absolute Gasteiger partial charge is 0.389 e. The number of urea groups is 1. The molecule has 1 aliphatic heterocycles. The zero-order valence-electron chi connectivity index (χ0n) is 10.2. The Hall–Kier alpha value is -1.73. The van der Waals surface area contributed by atoms with Crippen LogP contribution in [0.15, 0.2) is 18.2 Å². The average Bonchev–Trinajstić information content (AvgIpc) is 2.41. The molecule has 1 heterocycles. The molecular formula is C12H14FN3O2S. The molecule has 2 rings (SSSR count). The second-order valence-electron chi connectivity index (χ2n) is 4.08. The first-order valence-electron chi connectivity index (χ1n) is 5.81. The average molecular weight is 283 g/mol. The maximum atomic E-state index is 13.1. The molecule has 0 saturated carbocycles. The molecule has 3 N–H and O–H groups in total. The summed E-state index contributed by atoms with van der Waals surface area (Å²) in [5, 5.41) is 2.69. The normalized spacial score (nSPS) is 15.1. The number of nitrogens with zero attached hydrogens (tertiary/aromatic N) is 1. The van der Waals surface area contributed by atoms with E-state index < -0.39 is 5.82 Å². The van der Waals surface area contributed by atoms with Crippen molar-refractivity contribution >= 4 is 28.9 Å². The molecule has 2 amide bonds. The molecular weight excluding hydrogens is 269 g/mol. The summed E-state index contributed by atoms with van der Waals surface area (Å²) in [7, 11) is 0. The van der Waals surface area contributed by atoms with Crippen LogP contribution in [0.4, 0.5) is 14.9 Å². The van der Waals surface area contributed by atoms with Gasteiger partial charge in [0.1, 0.15) is 10.8 Å². The van der Waals surface area contributed by atoms with Gasteiger partial charge in [0, 0.05) is 18.7 Å². The first-order chi connectivity index (χ1) is 9.08. The van der Waals surface area contributed by atoms with Crippen LogP contribution in [0.25, 0.3) is 0 Å². The summed E-state index contributed by atoms with van der Waals surface area (Å²) in [4.78, 5) is 13.7. The van der Waals surface area contributed by atoms with Crippen molar-refractivity contribution in [3.05, 3.63) is 29.6 Å². The van der Waals surface area contributed by atoms with Gasteiger partial charge in [-0.3, -0.25) is 0 Å². The third-order valence-electron chi connectivity index (χ3n) is 2.79. The van der Waals surface area contributed by atoms with Gasteiger partial charge in [-0.1, -0.05) is 12.2 Å². The van der Waals surface area contributed by atoms with Gasteiger partial charge in [0.2, 0.25) is 0 Å². The van der Waals surface area contributed by atoms with E-state index in [-0.39, 0.29) is 11.0 Å². The van der Waals surface area contributed by atoms with Gasteiger partial charge in [-0.05, 0) is 18.2 Å². The van der Waals surface area contributed by atoms with Crippen molar-refractivity contribution in [2.45, 2.75) is 0 Å². The zero-order chi connectivity index (χ0) is 13.8. The third kappa shape index (κ3) is 3.39. The lowest BCUT2D eigenvalue weighted by molar-refractivity contribution is 0.0564. The van der Waals surface area contributed by atoms with E-state index in [1.165, 1.54) is 18.2 Å². The van der Waals surface area contributed by atoms with Crippen LogP contribution >= 0.6 is 12.2 Å². The van der Waals surface area contributed by atoms with Crippen molar-refractivity contribution in [1.29, 1.82) is 0 Å². The topological polar surface area (TPSA) is 67.6 Å². The monoisotopic (exact) mass is 283 g/mol. The van der Waals surface area contributed by atoms with E-state index in [0.717, 1.165) is 0 Å². The standard InChI is InChI=1S/C12H14FN3O2S/c13-8-1-2-10(9(7-8)11(14)19)15-12(17)16-3-5-18-6-4-16/h1-2,7H,3-6H2,(H2,14,19)(H,15,17). The molecule has 5 nitrogen and oxygen atoms in total. The number of ether oxygens (including phenoxy) is 1. The van der Waals surface area contributed by atoms with Crippen LogP contribution in [-0.2, 0) is 4.74 Å². The molecule has 0 radical (unpaired) electrons. The first-order valence-corrected chi connectivity index (χ1v) is 6.22. The highest BCUT2D eigenvalue weighted by Crippen LogP contribution is 2.17. The van der Waals surface area contributed by atoms with Gasteiger partial charge < -0.3 is 20.7 Å². The van der Waals surface area contributed by atoms with Gasteiger partial charge in [-0.2, -0.15) is 0 Å². The Bertz CT molecular complexity index is 504. The predicted molar refractivity (Wildman–Crippen MR) is 73.7 cm³/mol. The number of anilines is 1. The minimum atomic E-state index is -0.452. The maximum Gasteiger partial charge on any atom is 0.322 e. The highest BCUT2D eigenvalue weighted by atomic mass is 32.1. The van der Waals surface area contributed by atoms with E-state index in [0.29, 0.717) is 37.6 Å². The summed E-state index contributed by atoms with van der Waals surface area (Å²) in [6.07, 6.45) is 0. The van der Waals surface area contributed by atoms with Crippen molar-refractivity contribution in [3.8, 4) is 0 Å². The fourth-order valence-corrected chi connectivity index (χ4v) is 1.96. The molecule has 1 fully saturated rings. The number of halogens is 1. The van der Waals surface area contributed by atoms with Crippen molar-refractivity contribution in [2.75, 3.05) is 31.6 Å². The van der Waals surface area contributed by atoms with Gasteiger partial charge in [0.25, 0.3) is 0 Å². The Morgan fingerprint density at radius 2 is 2.11 bits per heavy atom. The molecule has 1 saturated heterocycles. The fraction of sp³-hybridized carbons (Fsp3) is 0.333. The summed E-state index contributed by atoms with van der Waals surface area (Å²) < 4.78 is 18.3. The molecule has 0 unspecified atom stereocenters. The van der Waals surface area contributed by atoms with Gasteiger partial charge in [0.15, 0.2) is 0 Å². The molecule has 0 atom stereocenters. The van der Waals surface area contributed by atoms with E-state index in [1.54, 1.807) is 4.90 Å². The summed E-state index contributed by atoms with van der Waals surface area (Å²) >= 11 is 4.84. The van der Waals surface area contributed by atoms with E-state index in [1.807, 2.05) is 0 Å². The first kappa shape index (κ1) is 13.7. The van der Waals surface area contributed by atoms with Crippen LogP contribution < -0.4 is 11.1 Å². The lowest BCUT2D eigenvalue weighted by atomic mass is 10.1. The number of thiocarbonyl (C=S) groups is 1. The van der Waals surface area contributed by atoms with Crippen molar-refractivity contribution < 1.29 is 13.9 Å². The Morgan fingerprint density at radius 1 is 1.42 bits per heavy atom. The highest BCUT2D eigenvalue weighted by Gasteiger charge is 2.18. The summed E-state index contributed by atoms with van der Waals surface area (Å²) in [6.45, 7) is 2.07. The molecule has 7 heteroatoms. The summed E-state index contributed by atoms with van der Waals surface area (Å²) in [5.41, 5.74) is 6.24. The van der Waals surface area contributed by atoms with E-state index in [9.17, 15) is 9.18 Å². The Morgan fingerprint density at radius 3 is 2.74 bits per heavy atom. The molecule has 0 aromatic heterocycles. The van der Waals surface area contributed by atoms with Crippen LogP contribution in [0.5, 0.6) is 0 Å². The quantitative estimate of drug-likeness (QED) is 0.803. The van der Waals surface area contributed by atoms with Crippen LogP contribution in [0.2, 0.25) is 0 Å². The number of carbonyl (C=O) groups excluding carboxylic acids is 1. The van der Waals surface area contributed by atoms with Crippen LogP contribution in [-0.4, -0.2) is 42.2 Å². The number of hydrogen-bond acceptors (Lipinski definition) is 3. The van der Waals surface area contributed by atoms with Crippen LogP contribution in [0.1, 0.15) is 5.56 Å². The number of nitrogens with two attached hydrogens (primary N) is 1. The van der Waals surface area contributed by atoms with Crippen molar-refractivity contribution in [3.63, 3.8) is 0 Å². The third-order valence-corrected chi connectivity index (χ3v) is 3.01. The minimum Gasteiger partial charge on any atom is -0.389 e. The van der Waals surface area contributed by atoms with Gasteiger partial charge in [-0.25, -0.2) is 9.18 Å². The van der Waals surface area contributed by atoms with Crippen LogP contribution in [0, 0.1) is 5.82 Å². The van der Waals surface area contributed by atoms with E-state index in [4.69, 9.17) is 22.7 Å². The molecule has 102 valence electrons. The molecule has 0 bridgehead atoms. The number of carbonyl (C=O) groups is 1. The predicted octanol–water partition coefficient (Wildman–Crippen LogP) is 1.32. The van der Waals surface area contributed by atoms with E-state index >= 15 is 0 Å². The Kier molecular flexibility index (Phi) is 4.28. The number of amides is 2. The number of nitrogens with one attached hydrogen (secondary N) is 1. The zero-order valence-corrected chi connectivity index (χ0v) is 11.0. The molecule has 1 aromatic rings. The fourth-order valence-electron chi connectivity index (χ4n) is 1.79. The number of hydrogen-bond donors (Lipinski definition) is 2. The second-order valence-corrected chi connectivity index (χ2v) is 4.52. The number of morpholine rings is 1. The number of benzene rings is 1. The van der Waals surface area contributed by atoms with Gasteiger partial charge >= 0.3 is 6.03 Å². The van der Waals surface area contributed by atoms with Crippen molar-refractivity contribution in [1.82, 2.24) is 4.90 Å². The molecule has 0 spiro atoms. The van der Waals surface area contributed by atoms with Gasteiger partial charge in [-0.15, -0.1) is 0 Å². The Labute approximate surface area is 115 Å². The lowest BCUT2D eigenvalue weighted by Gasteiger charge is -2.27.